The smallest absolute Gasteiger partial charge is 0.293 e. The van der Waals surface area contributed by atoms with Crippen molar-refractivity contribution in [1.29, 1.82) is 0 Å². The van der Waals surface area contributed by atoms with Gasteiger partial charge in [0.25, 0.3) is 0 Å². The highest BCUT2D eigenvalue weighted by Gasteiger charge is 2.28. The molecular formula is C12H9F3OS. The molecule has 0 saturated carbocycles. The lowest BCUT2D eigenvalue weighted by molar-refractivity contribution is -0.133. The van der Waals surface area contributed by atoms with Crippen molar-refractivity contribution in [2.24, 2.45) is 0 Å². The number of ketones is 1. The summed E-state index contributed by atoms with van der Waals surface area (Å²) in [7, 11) is 0. The Hall–Kier alpha value is -1.36. The Labute approximate surface area is 99.9 Å². The molecule has 0 N–H and O–H groups in total. The van der Waals surface area contributed by atoms with Crippen molar-refractivity contribution in [2.45, 2.75) is 19.0 Å². The quantitative estimate of drug-likeness (QED) is 0.744. The van der Waals surface area contributed by atoms with Gasteiger partial charge in [0.2, 0.25) is 0 Å². The zero-order valence-electron chi connectivity index (χ0n) is 8.75. The lowest BCUT2D eigenvalue weighted by Gasteiger charge is -2.03. The van der Waals surface area contributed by atoms with Crippen molar-refractivity contribution in [3.8, 4) is 0 Å². The number of benzene rings is 1. The summed E-state index contributed by atoms with van der Waals surface area (Å²) in [4.78, 5) is 12.0. The van der Waals surface area contributed by atoms with E-state index in [0.717, 1.165) is 10.1 Å². The van der Waals surface area contributed by atoms with E-state index < -0.39 is 24.8 Å². The number of Topliss-reactive ketones (excluding diaryl/α,β-unsaturated/α-hetero) is 1. The number of carbonyl (C=O) groups is 1. The van der Waals surface area contributed by atoms with Gasteiger partial charge in [0, 0.05) is 11.1 Å². The molecule has 5 heteroatoms. The monoisotopic (exact) mass is 258 g/mol. The van der Waals surface area contributed by atoms with Crippen LogP contribution in [-0.2, 0) is 0 Å². The minimum atomic E-state index is -4.27. The van der Waals surface area contributed by atoms with Crippen molar-refractivity contribution >= 4 is 27.2 Å². The molecule has 2 rings (SSSR count). The van der Waals surface area contributed by atoms with Gasteiger partial charge < -0.3 is 0 Å². The summed E-state index contributed by atoms with van der Waals surface area (Å²) in [5, 5.41) is 0.896. The average molecular weight is 258 g/mol. The maximum atomic E-state index is 12.0. The Bertz CT molecular complexity index is 509. The van der Waals surface area contributed by atoms with Gasteiger partial charge in [0.05, 0.1) is 11.3 Å². The number of hydrogen-bond acceptors (Lipinski definition) is 2. The topological polar surface area (TPSA) is 17.1 Å². The fourth-order valence-electron chi connectivity index (χ4n) is 1.50. The normalized spacial score (nSPS) is 11.9. The van der Waals surface area contributed by atoms with Crippen molar-refractivity contribution in [3.63, 3.8) is 0 Å². The molecule has 0 atom stereocenters. The maximum absolute atomic E-state index is 12.0. The number of hydrogen-bond donors (Lipinski definition) is 0. The molecule has 2 aromatic rings. The fourth-order valence-corrected chi connectivity index (χ4v) is 2.53. The van der Waals surface area contributed by atoms with Gasteiger partial charge in [-0.25, -0.2) is 0 Å². The number of rotatable bonds is 3. The molecule has 90 valence electrons. The Morgan fingerprint density at radius 2 is 1.94 bits per heavy atom. The van der Waals surface area contributed by atoms with Crippen molar-refractivity contribution in [1.82, 2.24) is 0 Å². The van der Waals surface area contributed by atoms with Gasteiger partial charge in [0.15, 0.2) is 5.78 Å². The third-order valence-corrected chi connectivity index (χ3v) is 3.49. The first-order chi connectivity index (χ1) is 7.96. The standard InChI is InChI=1S/C12H9F3OS/c13-12(14,15)6-5-9(16)11-7-8-3-1-2-4-10(8)17-11/h1-4,7H,5-6H2. The second-order valence-corrected chi connectivity index (χ2v) is 4.77. The van der Waals surface area contributed by atoms with E-state index in [-0.39, 0.29) is 0 Å². The highest BCUT2D eigenvalue weighted by atomic mass is 32.1. The summed E-state index contributed by atoms with van der Waals surface area (Å²) >= 11 is 1.24. The van der Waals surface area contributed by atoms with Crippen molar-refractivity contribution in [3.05, 3.63) is 35.2 Å². The van der Waals surface area contributed by atoms with Gasteiger partial charge in [-0.2, -0.15) is 13.2 Å². The molecule has 0 unspecified atom stereocenters. The van der Waals surface area contributed by atoms with Gasteiger partial charge >= 0.3 is 6.18 Å². The molecule has 1 heterocycles. The van der Waals surface area contributed by atoms with Crippen LogP contribution in [0.25, 0.3) is 10.1 Å². The predicted molar refractivity (Wildman–Crippen MR) is 61.4 cm³/mol. The number of halogens is 3. The molecule has 0 spiro atoms. The number of thiophene rings is 1. The van der Waals surface area contributed by atoms with Crippen LogP contribution in [0.4, 0.5) is 13.2 Å². The molecule has 0 aliphatic rings. The average Bonchev–Trinajstić information content (AvgIpc) is 2.68. The predicted octanol–water partition coefficient (Wildman–Crippen LogP) is 4.43. The van der Waals surface area contributed by atoms with Crippen molar-refractivity contribution < 1.29 is 18.0 Å². The molecule has 0 saturated heterocycles. The van der Waals surface area contributed by atoms with Crippen LogP contribution in [0.15, 0.2) is 30.3 Å². The molecule has 0 aliphatic carbocycles. The number of alkyl halides is 3. The van der Waals surface area contributed by atoms with E-state index in [9.17, 15) is 18.0 Å². The Kier molecular flexibility index (Phi) is 3.19. The molecule has 0 aliphatic heterocycles. The highest BCUT2D eigenvalue weighted by Crippen LogP contribution is 2.28. The molecule has 17 heavy (non-hydrogen) atoms. The lowest BCUT2D eigenvalue weighted by Crippen LogP contribution is -2.10. The molecule has 0 amide bonds. The van der Waals surface area contributed by atoms with E-state index in [0.29, 0.717) is 4.88 Å². The largest absolute Gasteiger partial charge is 0.389 e. The van der Waals surface area contributed by atoms with Gasteiger partial charge in [-0.05, 0) is 17.5 Å². The van der Waals surface area contributed by atoms with Crippen LogP contribution >= 0.6 is 11.3 Å². The maximum Gasteiger partial charge on any atom is 0.389 e. The van der Waals surface area contributed by atoms with E-state index in [1.165, 1.54) is 11.3 Å². The summed E-state index contributed by atoms with van der Waals surface area (Å²) in [6.45, 7) is 0. The summed E-state index contributed by atoms with van der Waals surface area (Å²) in [5.74, 6) is -0.441. The summed E-state index contributed by atoms with van der Waals surface area (Å²) in [6, 6.07) is 9.01. The first-order valence-electron chi connectivity index (χ1n) is 5.04. The fraction of sp³-hybridized carbons (Fsp3) is 0.250. The van der Waals surface area contributed by atoms with Crippen LogP contribution in [0, 0.1) is 0 Å². The lowest BCUT2D eigenvalue weighted by atomic mass is 10.1. The molecule has 0 bridgehead atoms. The van der Waals surface area contributed by atoms with Crippen LogP contribution in [-0.4, -0.2) is 12.0 Å². The van der Waals surface area contributed by atoms with Gasteiger partial charge in [0.1, 0.15) is 0 Å². The minimum Gasteiger partial charge on any atom is -0.293 e. The van der Waals surface area contributed by atoms with E-state index in [2.05, 4.69) is 0 Å². The number of fused-ring (bicyclic) bond motifs is 1. The summed E-state index contributed by atoms with van der Waals surface area (Å²) in [6.07, 6.45) is -5.80. The minimum absolute atomic E-state index is 0.399. The summed E-state index contributed by atoms with van der Waals surface area (Å²) < 4.78 is 36.9. The van der Waals surface area contributed by atoms with Crippen LogP contribution in [0.5, 0.6) is 0 Å². The van der Waals surface area contributed by atoms with Crippen molar-refractivity contribution in [2.75, 3.05) is 0 Å². The molecule has 1 nitrogen and oxygen atoms in total. The first kappa shape index (κ1) is 12.1. The van der Waals surface area contributed by atoms with Crippen LogP contribution in [0.2, 0.25) is 0 Å². The second-order valence-electron chi connectivity index (χ2n) is 3.69. The molecule has 1 aromatic carbocycles. The van der Waals surface area contributed by atoms with E-state index in [1.807, 2.05) is 24.3 Å². The number of carbonyl (C=O) groups excluding carboxylic acids is 1. The van der Waals surface area contributed by atoms with Crippen LogP contribution in [0.1, 0.15) is 22.5 Å². The molecular weight excluding hydrogens is 249 g/mol. The molecule has 0 radical (unpaired) electrons. The van der Waals surface area contributed by atoms with Gasteiger partial charge in [-0.1, -0.05) is 18.2 Å². The van der Waals surface area contributed by atoms with Gasteiger partial charge in [-0.15, -0.1) is 11.3 Å². The SMILES string of the molecule is O=C(CCC(F)(F)F)c1cc2ccccc2s1. The first-order valence-corrected chi connectivity index (χ1v) is 5.86. The van der Waals surface area contributed by atoms with E-state index in [1.54, 1.807) is 6.07 Å². The van der Waals surface area contributed by atoms with Gasteiger partial charge in [-0.3, -0.25) is 4.79 Å². The van der Waals surface area contributed by atoms with Crippen LogP contribution < -0.4 is 0 Å². The highest BCUT2D eigenvalue weighted by molar-refractivity contribution is 7.20. The Morgan fingerprint density at radius 3 is 2.59 bits per heavy atom. The zero-order valence-corrected chi connectivity index (χ0v) is 9.57. The molecule has 1 aromatic heterocycles. The van der Waals surface area contributed by atoms with Crippen LogP contribution in [0.3, 0.4) is 0 Å². The summed E-state index contributed by atoms with van der Waals surface area (Å²) in [5.41, 5.74) is 0. The second kappa shape index (κ2) is 4.49. The van der Waals surface area contributed by atoms with E-state index >= 15 is 0 Å². The third-order valence-electron chi connectivity index (χ3n) is 2.34. The van der Waals surface area contributed by atoms with E-state index in [4.69, 9.17) is 0 Å². The Morgan fingerprint density at radius 1 is 1.24 bits per heavy atom. The third kappa shape index (κ3) is 3.06. The Balaban J connectivity index is 2.14. The zero-order chi connectivity index (χ0) is 12.5. The molecule has 0 fully saturated rings.